The Hall–Kier alpha value is -1.69. The van der Waals surface area contributed by atoms with E-state index in [1.165, 1.54) is 0 Å². The SMILES string of the molecule is CC(=O)CCc1ccnc(C#N)c1. The van der Waals surface area contributed by atoms with Crippen molar-refractivity contribution < 1.29 is 4.79 Å². The average molecular weight is 174 g/mol. The lowest BCUT2D eigenvalue weighted by Gasteiger charge is -1.97. The van der Waals surface area contributed by atoms with E-state index in [1.54, 1.807) is 19.2 Å². The molecule has 0 amide bonds. The lowest BCUT2D eigenvalue weighted by atomic mass is 10.1. The molecular weight excluding hydrogens is 164 g/mol. The highest BCUT2D eigenvalue weighted by Gasteiger charge is 1.98. The summed E-state index contributed by atoms with van der Waals surface area (Å²) in [4.78, 5) is 14.5. The van der Waals surface area contributed by atoms with E-state index < -0.39 is 0 Å². The van der Waals surface area contributed by atoms with E-state index >= 15 is 0 Å². The number of carbonyl (C=O) groups is 1. The molecule has 1 aromatic heterocycles. The molecule has 1 heterocycles. The summed E-state index contributed by atoms with van der Waals surface area (Å²) < 4.78 is 0. The summed E-state index contributed by atoms with van der Waals surface area (Å²) >= 11 is 0. The van der Waals surface area contributed by atoms with Gasteiger partial charge in [-0.2, -0.15) is 5.26 Å². The topological polar surface area (TPSA) is 53.8 Å². The summed E-state index contributed by atoms with van der Waals surface area (Å²) in [7, 11) is 0. The van der Waals surface area contributed by atoms with E-state index in [4.69, 9.17) is 5.26 Å². The Balaban J connectivity index is 2.68. The fourth-order valence-electron chi connectivity index (χ4n) is 1.01. The summed E-state index contributed by atoms with van der Waals surface area (Å²) in [5.74, 6) is 0.162. The van der Waals surface area contributed by atoms with E-state index in [0.29, 0.717) is 18.5 Å². The highest BCUT2D eigenvalue weighted by atomic mass is 16.1. The van der Waals surface area contributed by atoms with Crippen LogP contribution in [0, 0.1) is 11.3 Å². The van der Waals surface area contributed by atoms with Crippen molar-refractivity contribution in [3.8, 4) is 6.07 Å². The summed E-state index contributed by atoms with van der Waals surface area (Å²) in [5, 5.41) is 8.56. The average Bonchev–Trinajstić information content (AvgIpc) is 2.15. The maximum absolute atomic E-state index is 10.7. The number of hydrogen-bond donors (Lipinski definition) is 0. The van der Waals surface area contributed by atoms with Gasteiger partial charge < -0.3 is 4.79 Å². The van der Waals surface area contributed by atoms with Gasteiger partial charge in [0.1, 0.15) is 17.5 Å². The van der Waals surface area contributed by atoms with E-state index in [1.807, 2.05) is 12.1 Å². The van der Waals surface area contributed by atoms with Crippen molar-refractivity contribution >= 4 is 5.78 Å². The van der Waals surface area contributed by atoms with Crippen LogP contribution in [0.4, 0.5) is 0 Å². The van der Waals surface area contributed by atoms with Gasteiger partial charge in [0.2, 0.25) is 0 Å². The molecule has 0 radical (unpaired) electrons. The predicted molar refractivity (Wildman–Crippen MR) is 48.0 cm³/mol. The molecule has 13 heavy (non-hydrogen) atoms. The Morgan fingerprint density at radius 1 is 1.69 bits per heavy atom. The van der Waals surface area contributed by atoms with Crippen molar-refractivity contribution in [2.75, 3.05) is 0 Å². The zero-order valence-corrected chi connectivity index (χ0v) is 7.45. The molecule has 0 aliphatic carbocycles. The van der Waals surface area contributed by atoms with Gasteiger partial charge in [-0.05, 0) is 31.0 Å². The number of carbonyl (C=O) groups excluding carboxylic acids is 1. The van der Waals surface area contributed by atoms with E-state index in [0.717, 1.165) is 5.56 Å². The number of aromatic nitrogens is 1. The van der Waals surface area contributed by atoms with Gasteiger partial charge in [0.05, 0.1) is 0 Å². The highest BCUT2D eigenvalue weighted by molar-refractivity contribution is 5.75. The molecule has 0 N–H and O–H groups in total. The van der Waals surface area contributed by atoms with Crippen molar-refractivity contribution in [3.05, 3.63) is 29.6 Å². The van der Waals surface area contributed by atoms with Crippen molar-refractivity contribution in [1.82, 2.24) is 4.98 Å². The van der Waals surface area contributed by atoms with Gasteiger partial charge in [0.15, 0.2) is 0 Å². The van der Waals surface area contributed by atoms with E-state index in [9.17, 15) is 4.79 Å². The molecule has 66 valence electrons. The maximum atomic E-state index is 10.7. The monoisotopic (exact) mass is 174 g/mol. The second kappa shape index (κ2) is 4.36. The lowest BCUT2D eigenvalue weighted by molar-refractivity contribution is -0.116. The van der Waals surface area contributed by atoms with Gasteiger partial charge in [-0.1, -0.05) is 0 Å². The maximum Gasteiger partial charge on any atom is 0.140 e. The minimum Gasteiger partial charge on any atom is -0.300 e. The molecule has 0 aliphatic rings. The minimum absolute atomic E-state index is 0.162. The second-order valence-electron chi connectivity index (χ2n) is 2.86. The first-order chi connectivity index (χ1) is 6.22. The van der Waals surface area contributed by atoms with Crippen LogP contribution in [0.25, 0.3) is 0 Å². The molecule has 0 aliphatic heterocycles. The minimum atomic E-state index is 0.162. The summed E-state index contributed by atoms with van der Waals surface area (Å²) in [6, 6.07) is 5.49. The molecule has 0 bridgehead atoms. The molecule has 1 aromatic rings. The molecule has 0 spiro atoms. The third kappa shape index (κ3) is 3.04. The van der Waals surface area contributed by atoms with E-state index in [2.05, 4.69) is 4.98 Å². The lowest BCUT2D eigenvalue weighted by Crippen LogP contribution is -1.95. The van der Waals surface area contributed by atoms with Gasteiger partial charge in [0.25, 0.3) is 0 Å². The molecule has 3 nitrogen and oxygen atoms in total. The Morgan fingerprint density at radius 3 is 3.08 bits per heavy atom. The molecule has 0 aromatic carbocycles. The number of nitrogens with zero attached hydrogens (tertiary/aromatic N) is 2. The standard InChI is InChI=1S/C10H10N2O/c1-8(13)2-3-9-4-5-12-10(6-9)7-11/h4-6H,2-3H2,1H3. The van der Waals surface area contributed by atoms with Crippen molar-refractivity contribution in [2.24, 2.45) is 0 Å². The number of nitriles is 1. The number of hydrogen-bond acceptors (Lipinski definition) is 3. The number of aryl methyl sites for hydroxylation is 1. The van der Waals surface area contributed by atoms with Crippen LogP contribution in [0.1, 0.15) is 24.6 Å². The van der Waals surface area contributed by atoms with Crippen LogP contribution in [0.15, 0.2) is 18.3 Å². The summed E-state index contributed by atoms with van der Waals surface area (Å²) in [6.07, 6.45) is 2.80. The van der Waals surface area contributed by atoms with Crippen LogP contribution in [0.3, 0.4) is 0 Å². The first kappa shape index (κ1) is 9.40. The molecule has 0 atom stereocenters. The van der Waals surface area contributed by atoms with Gasteiger partial charge in [-0.3, -0.25) is 0 Å². The van der Waals surface area contributed by atoms with Crippen LogP contribution in [-0.4, -0.2) is 10.8 Å². The predicted octanol–water partition coefficient (Wildman–Crippen LogP) is 1.47. The quantitative estimate of drug-likeness (QED) is 0.697. The van der Waals surface area contributed by atoms with E-state index in [-0.39, 0.29) is 5.78 Å². The number of rotatable bonds is 3. The van der Waals surface area contributed by atoms with Crippen LogP contribution in [0.2, 0.25) is 0 Å². The zero-order valence-electron chi connectivity index (χ0n) is 7.45. The first-order valence-electron chi connectivity index (χ1n) is 4.07. The Labute approximate surface area is 77.0 Å². The first-order valence-corrected chi connectivity index (χ1v) is 4.07. The van der Waals surface area contributed by atoms with Crippen LogP contribution < -0.4 is 0 Å². The fraction of sp³-hybridized carbons (Fsp3) is 0.300. The van der Waals surface area contributed by atoms with Crippen molar-refractivity contribution in [2.45, 2.75) is 19.8 Å². The smallest absolute Gasteiger partial charge is 0.140 e. The van der Waals surface area contributed by atoms with Gasteiger partial charge in [-0.15, -0.1) is 0 Å². The van der Waals surface area contributed by atoms with Gasteiger partial charge >= 0.3 is 0 Å². The second-order valence-corrected chi connectivity index (χ2v) is 2.86. The summed E-state index contributed by atoms with van der Waals surface area (Å²) in [6.45, 7) is 1.56. The summed E-state index contributed by atoms with van der Waals surface area (Å²) in [5.41, 5.74) is 1.39. The van der Waals surface area contributed by atoms with Crippen LogP contribution in [-0.2, 0) is 11.2 Å². The number of Topliss-reactive ketones (excluding diaryl/α,β-unsaturated/α-hetero) is 1. The van der Waals surface area contributed by atoms with Gasteiger partial charge in [-0.25, -0.2) is 4.98 Å². The Bertz CT molecular complexity index is 352. The third-order valence-electron chi connectivity index (χ3n) is 1.70. The largest absolute Gasteiger partial charge is 0.300 e. The molecule has 0 unspecified atom stereocenters. The normalized spacial score (nSPS) is 9.23. The van der Waals surface area contributed by atoms with Gasteiger partial charge in [0, 0.05) is 12.6 Å². The molecule has 0 saturated carbocycles. The fourth-order valence-corrected chi connectivity index (χ4v) is 1.01. The van der Waals surface area contributed by atoms with Crippen LogP contribution in [0.5, 0.6) is 0 Å². The Morgan fingerprint density at radius 2 is 2.46 bits per heavy atom. The molecule has 1 rings (SSSR count). The zero-order chi connectivity index (χ0) is 9.68. The Kier molecular flexibility index (Phi) is 3.15. The molecule has 0 saturated heterocycles. The van der Waals surface area contributed by atoms with Crippen molar-refractivity contribution in [1.29, 1.82) is 5.26 Å². The molecular formula is C10H10N2O. The molecule has 3 heteroatoms. The highest BCUT2D eigenvalue weighted by Crippen LogP contribution is 2.04. The van der Waals surface area contributed by atoms with Crippen molar-refractivity contribution in [3.63, 3.8) is 0 Å². The number of ketones is 1. The number of pyridine rings is 1. The molecule has 0 fully saturated rings. The third-order valence-corrected chi connectivity index (χ3v) is 1.70. The van der Waals surface area contributed by atoms with Crippen LogP contribution >= 0.6 is 0 Å².